The minimum Gasteiger partial charge on any atom is -0.387 e. The fraction of sp³-hybridized carbons (Fsp3) is 0.417. The summed E-state index contributed by atoms with van der Waals surface area (Å²) in [5.41, 5.74) is 6.95. The third-order valence-corrected chi connectivity index (χ3v) is 2.20. The Hall–Kier alpha value is -1.39. The molecule has 0 heterocycles. The van der Waals surface area contributed by atoms with E-state index in [0.29, 0.717) is 18.8 Å². The van der Waals surface area contributed by atoms with Crippen LogP contribution in [0.2, 0.25) is 0 Å². The van der Waals surface area contributed by atoms with Crippen molar-refractivity contribution in [3.63, 3.8) is 0 Å². The lowest BCUT2D eigenvalue weighted by Gasteiger charge is -2.10. The number of benzene rings is 1. The van der Waals surface area contributed by atoms with Crippen molar-refractivity contribution in [2.45, 2.75) is 12.7 Å². The molecule has 0 atom stereocenters. The Morgan fingerprint density at radius 1 is 1.25 bits per heavy atom. The van der Waals surface area contributed by atoms with Crippen molar-refractivity contribution in [1.82, 2.24) is 0 Å². The minimum absolute atomic E-state index is 0.325. The number of amidine groups is 1. The fourth-order valence-electron chi connectivity index (χ4n) is 1.30. The summed E-state index contributed by atoms with van der Waals surface area (Å²) in [6, 6.07) is 9.98. The molecule has 2 N–H and O–H groups in total. The summed E-state index contributed by atoms with van der Waals surface area (Å²) in [6.07, 6.45) is 0.329. The Bertz CT molecular complexity index is 321. The smallest absolute Gasteiger partial charge is 0.176 e. The van der Waals surface area contributed by atoms with Gasteiger partial charge in [-0.2, -0.15) is 0 Å². The zero-order chi connectivity index (χ0) is 11.8. The van der Waals surface area contributed by atoms with E-state index in [-0.39, 0.29) is 6.29 Å². The first-order chi connectivity index (χ1) is 7.76. The molecular formula is C12H18N2O2. The predicted molar refractivity (Wildman–Crippen MR) is 64.4 cm³/mol. The molecule has 0 aromatic heterocycles. The standard InChI is InChI=1S/C12H18N2O2/c1-15-12(16-2)9-14-11(13)8-10-6-4-3-5-7-10/h3-7,12H,8-9H2,1-2H3,(H2,13,14). The number of methoxy groups -OCH3 is 2. The number of nitrogens with zero attached hydrogens (tertiary/aromatic N) is 1. The van der Waals surface area contributed by atoms with E-state index < -0.39 is 0 Å². The van der Waals surface area contributed by atoms with E-state index in [2.05, 4.69) is 4.99 Å². The summed E-state index contributed by atoms with van der Waals surface area (Å²) in [6.45, 7) is 0.422. The van der Waals surface area contributed by atoms with Crippen LogP contribution in [0.25, 0.3) is 0 Å². The summed E-state index contributed by atoms with van der Waals surface area (Å²) in [5, 5.41) is 0. The maximum atomic E-state index is 5.80. The van der Waals surface area contributed by atoms with Crippen molar-refractivity contribution in [3.8, 4) is 0 Å². The molecule has 4 heteroatoms. The molecule has 0 saturated carbocycles. The minimum atomic E-state index is -0.325. The molecule has 1 aromatic carbocycles. The molecule has 0 bridgehead atoms. The van der Waals surface area contributed by atoms with Crippen LogP contribution in [0.5, 0.6) is 0 Å². The molecule has 4 nitrogen and oxygen atoms in total. The van der Waals surface area contributed by atoms with Gasteiger partial charge in [0.15, 0.2) is 6.29 Å². The van der Waals surface area contributed by atoms with Gasteiger partial charge in [-0.3, -0.25) is 4.99 Å². The average Bonchev–Trinajstić information content (AvgIpc) is 2.31. The zero-order valence-electron chi connectivity index (χ0n) is 9.72. The maximum Gasteiger partial charge on any atom is 0.176 e. The maximum absolute atomic E-state index is 5.80. The van der Waals surface area contributed by atoms with Crippen LogP contribution in [0.1, 0.15) is 5.56 Å². The van der Waals surface area contributed by atoms with Crippen LogP contribution < -0.4 is 5.73 Å². The molecule has 0 radical (unpaired) electrons. The van der Waals surface area contributed by atoms with E-state index >= 15 is 0 Å². The van der Waals surface area contributed by atoms with Gasteiger partial charge in [-0.25, -0.2) is 0 Å². The summed E-state index contributed by atoms with van der Waals surface area (Å²) >= 11 is 0. The molecule has 16 heavy (non-hydrogen) atoms. The molecule has 1 aromatic rings. The number of rotatable bonds is 6. The summed E-state index contributed by atoms with van der Waals surface area (Å²) < 4.78 is 10.0. The summed E-state index contributed by atoms with van der Waals surface area (Å²) in [7, 11) is 3.16. The van der Waals surface area contributed by atoms with Crippen LogP contribution in [0.15, 0.2) is 35.3 Å². The molecule has 0 amide bonds. The monoisotopic (exact) mass is 222 g/mol. The highest BCUT2D eigenvalue weighted by atomic mass is 16.7. The van der Waals surface area contributed by atoms with Crippen molar-refractivity contribution in [1.29, 1.82) is 0 Å². The van der Waals surface area contributed by atoms with E-state index in [9.17, 15) is 0 Å². The molecule has 0 aliphatic rings. The second kappa shape index (κ2) is 6.98. The lowest BCUT2D eigenvalue weighted by molar-refractivity contribution is -0.0937. The van der Waals surface area contributed by atoms with Crippen molar-refractivity contribution >= 4 is 5.84 Å². The fourth-order valence-corrected chi connectivity index (χ4v) is 1.30. The van der Waals surface area contributed by atoms with Crippen LogP contribution in [0, 0.1) is 0 Å². The highest BCUT2D eigenvalue weighted by Crippen LogP contribution is 2.00. The lowest BCUT2D eigenvalue weighted by atomic mass is 10.1. The van der Waals surface area contributed by atoms with E-state index in [1.807, 2.05) is 30.3 Å². The summed E-state index contributed by atoms with van der Waals surface area (Å²) in [4.78, 5) is 4.21. The SMILES string of the molecule is COC(CN=C(N)Cc1ccccc1)OC. The van der Waals surface area contributed by atoms with Crippen molar-refractivity contribution < 1.29 is 9.47 Å². The Kier molecular flexibility index (Phi) is 5.53. The van der Waals surface area contributed by atoms with Crippen LogP contribution in [0.4, 0.5) is 0 Å². The largest absolute Gasteiger partial charge is 0.387 e. The Morgan fingerprint density at radius 2 is 1.88 bits per heavy atom. The Labute approximate surface area is 96.1 Å². The molecule has 0 aliphatic carbocycles. The number of aliphatic imine (C=N–C) groups is 1. The third kappa shape index (κ3) is 4.42. The van der Waals surface area contributed by atoms with Crippen molar-refractivity contribution in [3.05, 3.63) is 35.9 Å². The van der Waals surface area contributed by atoms with Crippen LogP contribution in [-0.4, -0.2) is 32.9 Å². The van der Waals surface area contributed by atoms with Gasteiger partial charge in [0.1, 0.15) is 0 Å². The molecule has 88 valence electrons. The van der Waals surface area contributed by atoms with Gasteiger partial charge >= 0.3 is 0 Å². The molecular weight excluding hydrogens is 204 g/mol. The number of nitrogens with two attached hydrogens (primary N) is 1. The molecule has 0 spiro atoms. The van der Waals surface area contributed by atoms with Gasteiger partial charge in [0.25, 0.3) is 0 Å². The van der Waals surface area contributed by atoms with Gasteiger partial charge in [-0.15, -0.1) is 0 Å². The van der Waals surface area contributed by atoms with Crippen LogP contribution in [0.3, 0.4) is 0 Å². The first-order valence-electron chi connectivity index (χ1n) is 5.14. The highest BCUT2D eigenvalue weighted by molar-refractivity contribution is 5.82. The van der Waals surface area contributed by atoms with E-state index in [4.69, 9.17) is 15.2 Å². The quantitative estimate of drug-likeness (QED) is 0.447. The highest BCUT2D eigenvalue weighted by Gasteiger charge is 2.03. The first kappa shape index (κ1) is 12.7. The normalized spacial score (nSPS) is 12.1. The van der Waals surface area contributed by atoms with Crippen LogP contribution in [-0.2, 0) is 15.9 Å². The number of hydrogen-bond donors (Lipinski definition) is 1. The molecule has 0 aliphatic heterocycles. The van der Waals surface area contributed by atoms with E-state index in [0.717, 1.165) is 5.56 Å². The van der Waals surface area contributed by atoms with Gasteiger partial charge in [0, 0.05) is 20.6 Å². The third-order valence-electron chi connectivity index (χ3n) is 2.20. The predicted octanol–water partition coefficient (Wildman–Crippen LogP) is 1.21. The topological polar surface area (TPSA) is 56.8 Å². The van der Waals surface area contributed by atoms with E-state index in [1.165, 1.54) is 0 Å². The van der Waals surface area contributed by atoms with Gasteiger partial charge in [-0.1, -0.05) is 30.3 Å². The van der Waals surface area contributed by atoms with Gasteiger partial charge in [-0.05, 0) is 5.56 Å². The van der Waals surface area contributed by atoms with Crippen molar-refractivity contribution in [2.24, 2.45) is 10.7 Å². The molecule has 0 fully saturated rings. The molecule has 1 rings (SSSR count). The van der Waals surface area contributed by atoms with Gasteiger partial charge < -0.3 is 15.2 Å². The molecule has 0 unspecified atom stereocenters. The van der Waals surface area contributed by atoms with Crippen LogP contribution >= 0.6 is 0 Å². The lowest BCUT2D eigenvalue weighted by Crippen LogP contribution is -2.21. The zero-order valence-corrected chi connectivity index (χ0v) is 9.72. The Balaban J connectivity index is 2.45. The second-order valence-corrected chi connectivity index (χ2v) is 3.40. The molecule has 0 saturated heterocycles. The summed E-state index contributed by atoms with van der Waals surface area (Å²) in [5.74, 6) is 0.588. The van der Waals surface area contributed by atoms with Gasteiger partial charge in [0.2, 0.25) is 0 Å². The van der Waals surface area contributed by atoms with Gasteiger partial charge in [0.05, 0.1) is 12.4 Å². The number of ether oxygens (including phenoxy) is 2. The van der Waals surface area contributed by atoms with Crippen molar-refractivity contribution in [2.75, 3.05) is 20.8 Å². The van der Waals surface area contributed by atoms with E-state index in [1.54, 1.807) is 14.2 Å². The first-order valence-corrected chi connectivity index (χ1v) is 5.14. The number of hydrogen-bond acceptors (Lipinski definition) is 3. The average molecular weight is 222 g/mol. The second-order valence-electron chi connectivity index (χ2n) is 3.40. The Morgan fingerprint density at radius 3 is 2.44 bits per heavy atom.